The standard InChI is InChI=1S/C28H27N3O4/c1-16-11-12-23(27(34)29-16)31-15-21-20(28(31)35)9-6-10-22(21)30-17(2)26-24(32)13-19(14-25(26)33)18-7-4-3-5-8-18/h3-10,19,23,32H,1,11-15H2,2H3,(H,29,34). The molecule has 0 radical (unpaired) electrons. The first-order chi connectivity index (χ1) is 16.8. The number of ketones is 1. The second-order valence-electron chi connectivity index (χ2n) is 9.34. The summed E-state index contributed by atoms with van der Waals surface area (Å²) >= 11 is 0. The van der Waals surface area contributed by atoms with Crippen molar-refractivity contribution in [1.29, 1.82) is 0 Å². The second kappa shape index (κ2) is 8.98. The van der Waals surface area contributed by atoms with Gasteiger partial charge in [0, 0.05) is 36.2 Å². The largest absolute Gasteiger partial charge is 0.511 e. The van der Waals surface area contributed by atoms with Gasteiger partial charge in [0.1, 0.15) is 11.8 Å². The van der Waals surface area contributed by atoms with Crippen molar-refractivity contribution >= 4 is 29.0 Å². The molecule has 2 aliphatic heterocycles. The number of hydrogen-bond donors (Lipinski definition) is 2. The molecule has 2 atom stereocenters. The molecule has 1 fully saturated rings. The van der Waals surface area contributed by atoms with E-state index < -0.39 is 6.04 Å². The molecule has 35 heavy (non-hydrogen) atoms. The van der Waals surface area contributed by atoms with Crippen molar-refractivity contribution < 1.29 is 19.5 Å². The molecule has 3 aliphatic rings. The maximum atomic E-state index is 13.1. The van der Waals surface area contributed by atoms with Gasteiger partial charge in [-0.2, -0.15) is 0 Å². The summed E-state index contributed by atoms with van der Waals surface area (Å²) in [5, 5.41) is 13.5. The Hall–Kier alpha value is -4.00. The molecule has 2 amide bonds. The number of amides is 2. The van der Waals surface area contributed by atoms with E-state index >= 15 is 0 Å². The van der Waals surface area contributed by atoms with Gasteiger partial charge in [0.15, 0.2) is 5.78 Å². The summed E-state index contributed by atoms with van der Waals surface area (Å²) in [6.07, 6.45) is 1.83. The van der Waals surface area contributed by atoms with E-state index in [2.05, 4.69) is 16.9 Å². The second-order valence-corrected chi connectivity index (χ2v) is 9.34. The third-order valence-electron chi connectivity index (χ3n) is 7.03. The number of carbonyl (C=O) groups is 3. The number of aliphatic imine (C=N–C) groups is 1. The summed E-state index contributed by atoms with van der Waals surface area (Å²) in [6.45, 7) is 5.78. The number of Topliss-reactive ketones (excluding diaryl/α,β-unsaturated/α-hetero) is 1. The average Bonchev–Trinajstić information content (AvgIpc) is 3.16. The molecule has 5 rings (SSSR count). The Morgan fingerprint density at radius 1 is 1.09 bits per heavy atom. The molecule has 7 heteroatoms. The van der Waals surface area contributed by atoms with Crippen molar-refractivity contribution in [1.82, 2.24) is 10.2 Å². The van der Waals surface area contributed by atoms with E-state index in [1.807, 2.05) is 30.3 Å². The highest BCUT2D eigenvalue weighted by atomic mass is 16.3. The molecule has 2 unspecified atom stereocenters. The minimum absolute atomic E-state index is 0.0424. The molecule has 0 aromatic heterocycles. The lowest BCUT2D eigenvalue weighted by Crippen LogP contribution is -2.49. The quantitative estimate of drug-likeness (QED) is 0.645. The lowest BCUT2D eigenvalue weighted by molar-refractivity contribution is -0.126. The number of fused-ring (bicyclic) bond motifs is 1. The van der Waals surface area contributed by atoms with Gasteiger partial charge in [0.05, 0.1) is 17.0 Å². The number of piperidine rings is 1. The fourth-order valence-electron chi connectivity index (χ4n) is 5.26. The van der Waals surface area contributed by atoms with Crippen LogP contribution in [0.5, 0.6) is 0 Å². The third kappa shape index (κ3) is 4.18. The Labute approximate surface area is 203 Å². The zero-order valence-corrected chi connectivity index (χ0v) is 19.6. The van der Waals surface area contributed by atoms with Crippen LogP contribution in [0.4, 0.5) is 5.69 Å². The summed E-state index contributed by atoms with van der Waals surface area (Å²) < 4.78 is 0. The summed E-state index contributed by atoms with van der Waals surface area (Å²) in [4.78, 5) is 44.9. The van der Waals surface area contributed by atoms with Crippen LogP contribution in [0.3, 0.4) is 0 Å². The highest BCUT2D eigenvalue weighted by Crippen LogP contribution is 2.37. The Balaban J connectivity index is 1.42. The molecular weight excluding hydrogens is 442 g/mol. The van der Waals surface area contributed by atoms with Crippen LogP contribution in [0.15, 0.2) is 77.1 Å². The fraction of sp³-hybridized carbons (Fsp3) is 0.286. The molecule has 0 bridgehead atoms. The number of carbonyl (C=O) groups excluding carboxylic acids is 3. The number of benzene rings is 2. The molecule has 178 valence electrons. The zero-order chi connectivity index (χ0) is 24.7. The van der Waals surface area contributed by atoms with Crippen LogP contribution >= 0.6 is 0 Å². The van der Waals surface area contributed by atoms with Crippen LogP contribution in [0.2, 0.25) is 0 Å². The van der Waals surface area contributed by atoms with Gasteiger partial charge in [-0.25, -0.2) is 0 Å². The molecule has 2 aromatic carbocycles. The lowest BCUT2D eigenvalue weighted by atomic mass is 9.81. The van der Waals surface area contributed by atoms with Crippen molar-refractivity contribution in [3.63, 3.8) is 0 Å². The van der Waals surface area contributed by atoms with Crippen molar-refractivity contribution in [3.8, 4) is 0 Å². The Kier molecular flexibility index (Phi) is 5.84. The zero-order valence-electron chi connectivity index (χ0n) is 19.6. The Bertz CT molecular complexity index is 1310. The van der Waals surface area contributed by atoms with E-state index in [1.165, 1.54) is 0 Å². The van der Waals surface area contributed by atoms with Gasteiger partial charge in [-0.05, 0) is 43.4 Å². The fourth-order valence-corrected chi connectivity index (χ4v) is 5.26. The summed E-state index contributed by atoms with van der Waals surface area (Å²) in [6, 6.07) is 14.4. The van der Waals surface area contributed by atoms with Gasteiger partial charge in [0.25, 0.3) is 5.91 Å². The number of nitrogens with one attached hydrogen (secondary N) is 1. The van der Waals surface area contributed by atoms with Crippen LogP contribution in [-0.2, 0) is 16.1 Å². The topological polar surface area (TPSA) is 99.1 Å². The number of nitrogens with zero attached hydrogens (tertiary/aromatic N) is 2. The Morgan fingerprint density at radius 2 is 1.86 bits per heavy atom. The first-order valence-electron chi connectivity index (χ1n) is 11.8. The molecule has 1 aliphatic carbocycles. The minimum Gasteiger partial charge on any atom is -0.511 e. The van der Waals surface area contributed by atoms with Gasteiger partial charge in [-0.15, -0.1) is 0 Å². The number of rotatable bonds is 4. The highest BCUT2D eigenvalue weighted by Gasteiger charge is 2.39. The van der Waals surface area contributed by atoms with Gasteiger partial charge >= 0.3 is 0 Å². The minimum atomic E-state index is -0.556. The number of aliphatic hydroxyl groups is 1. The van der Waals surface area contributed by atoms with Crippen molar-refractivity contribution in [3.05, 3.63) is 88.8 Å². The maximum absolute atomic E-state index is 13.1. The number of aliphatic hydroxyl groups excluding tert-OH is 1. The van der Waals surface area contributed by atoms with Crippen LogP contribution < -0.4 is 5.32 Å². The summed E-state index contributed by atoms with van der Waals surface area (Å²) in [5.74, 6) is -0.595. The molecular formula is C28H27N3O4. The van der Waals surface area contributed by atoms with Crippen LogP contribution in [0, 0.1) is 0 Å². The number of allylic oxidation sites excluding steroid dienone is 3. The van der Waals surface area contributed by atoms with Gasteiger partial charge in [-0.1, -0.05) is 43.0 Å². The van der Waals surface area contributed by atoms with E-state index in [-0.39, 0.29) is 41.4 Å². The van der Waals surface area contributed by atoms with Crippen LogP contribution in [0.1, 0.15) is 60.0 Å². The first-order valence-corrected chi connectivity index (χ1v) is 11.8. The van der Waals surface area contributed by atoms with Gasteiger partial charge < -0.3 is 15.3 Å². The SMILES string of the molecule is C=C1CCC(N2Cc3c(N=C(C)C4=C(O)CC(c5ccccc5)CC4=O)cccc3C2=O)C(=O)N1. The molecule has 0 saturated carbocycles. The average molecular weight is 470 g/mol. The van der Waals surface area contributed by atoms with Gasteiger partial charge in [0.2, 0.25) is 5.91 Å². The van der Waals surface area contributed by atoms with Gasteiger partial charge in [-0.3, -0.25) is 19.4 Å². The lowest BCUT2D eigenvalue weighted by Gasteiger charge is -2.31. The predicted molar refractivity (Wildman–Crippen MR) is 132 cm³/mol. The highest BCUT2D eigenvalue weighted by molar-refractivity contribution is 6.23. The normalized spacial score (nSPS) is 23.0. The molecule has 1 saturated heterocycles. The third-order valence-corrected chi connectivity index (χ3v) is 7.03. The predicted octanol–water partition coefficient (Wildman–Crippen LogP) is 4.49. The van der Waals surface area contributed by atoms with E-state index in [0.29, 0.717) is 48.3 Å². The number of hydrogen-bond acceptors (Lipinski definition) is 5. The maximum Gasteiger partial charge on any atom is 0.255 e. The first kappa shape index (κ1) is 22.8. The van der Waals surface area contributed by atoms with Crippen molar-refractivity contribution in [2.45, 2.75) is 51.1 Å². The molecule has 2 aromatic rings. The van der Waals surface area contributed by atoms with E-state index in [9.17, 15) is 19.5 Å². The monoisotopic (exact) mass is 469 g/mol. The molecule has 0 spiro atoms. The summed E-state index contributed by atoms with van der Waals surface area (Å²) in [5.41, 5.74) is 4.15. The molecule has 7 nitrogen and oxygen atoms in total. The van der Waals surface area contributed by atoms with Crippen molar-refractivity contribution in [2.75, 3.05) is 0 Å². The smallest absolute Gasteiger partial charge is 0.255 e. The molecule has 2 heterocycles. The van der Waals surface area contributed by atoms with Crippen LogP contribution in [-0.4, -0.2) is 39.4 Å². The van der Waals surface area contributed by atoms with E-state index in [1.54, 1.807) is 30.0 Å². The summed E-state index contributed by atoms with van der Waals surface area (Å²) in [7, 11) is 0. The molecule has 2 N–H and O–H groups in total. The van der Waals surface area contributed by atoms with E-state index in [4.69, 9.17) is 0 Å². The van der Waals surface area contributed by atoms with E-state index in [0.717, 1.165) is 11.1 Å². The van der Waals surface area contributed by atoms with Crippen LogP contribution in [0.25, 0.3) is 0 Å². The Morgan fingerprint density at radius 3 is 2.57 bits per heavy atom. The van der Waals surface area contributed by atoms with Crippen molar-refractivity contribution in [2.24, 2.45) is 4.99 Å².